The van der Waals surface area contributed by atoms with Crippen molar-refractivity contribution in [1.82, 2.24) is 9.55 Å². The lowest BCUT2D eigenvalue weighted by Crippen LogP contribution is -2.22. The molecule has 92 valence electrons. The van der Waals surface area contributed by atoms with Crippen molar-refractivity contribution < 1.29 is 4.92 Å². The highest BCUT2D eigenvalue weighted by Gasteiger charge is 2.13. The quantitative estimate of drug-likeness (QED) is 0.482. The highest BCUT2D eigenvalue weighted by molar-refractivity contribution is 6.29. The number of hydrogen-bond donors (Lipinski definition) is 0. The van der Waals surface area contributed by atoms with Gasteiger partial charge in [-0.2, -0.15) is 0 Å². The molecule has 7 heteroatoms. The van der Waals surface area contributed by atoms with E-state index in [4.69, 9.17) is 11.6 Å². The van der Waals surface area contributed by atoms with Crippen LogP contribution in [0, 0.1) is 10.1 Å². The van der Waals surface area contributed by atoms with Crippen molar-refractivity contribution in [3.63, 3.8) is 0 Å². The van der Waals surface area contributed by atoms with Crippen molar-refractivity contribution in [2.45, 2.75) is 6.54 Å². The van der Waals surface area contributed by atoms with Crippen molar-refractivity contribution in [1.29, 1.82) is 0 Å². The van der Waals surface area contributed by atoms with Crippen molar-refractivity contribution in [3.8, 4) is 0 Å². The fraction of sp³-hybridized carbons (Fsp3) is 0.0909. The average molecular weight is 266 g/mol. The number of hydrogen-bond acceptors (Lipinski definition) is 4. The molecule has 0 radical (unpaired) electrons. The minimum absolute atomic E-state index is 0.211. The molecule has 0 bridgehead atoms. The number of rotatable bonds is 3. The monoisotopic (exact) mass is 265 g/mol. The Morgan fingerprint density at radius 2 is 2.22 bits per heavy atom. The topological polar surface area (TPSA) is 78.0 Å². The summed E-state index contributed by atoms with van der Waals surface area (Å²) in [6.07, 6.45) is 3.00. The number of nitro groups is 1. The van der Waals surface area contributed by atoms with Gasteiger partial charge in [-0.3, -0.25) is 14.9 Å². The molecule has 2 heterocycles. The second-order valence-electron chi connectivity index (χ2n) is 3.57. The van der Waals surface area contributed by atoms with Gasteiger partial charge in [0.15, 0.2) is 0 Å². The minimum atomic E-state index is -0.696. The lowest BCUT2D eigenvalue weighted by atomic mass is 10.2. The molecule has 0 aliphatic carbocycles. The maximum atomic E-state index is 11.8. The molecule has 0 spiro atoms. The maximum Gasteiger partial charge on any atom is 0.334 e. The van der Waals surface area contributed by atoms with Crippen molar-refractivity contribution in [2.24, 2.45) is 0 Å². The molecule has 6 nitrogen and oxygen atoms in total. The summed E-state index contributed by atoms with van der Waals surface area (Å²) in [6, 6.07) is 5.94. The molecule has 18 heavy (non-hydrogen) atoms. The molecular weight excluding hydrogens is 258 g/mol. The van der Waals surface area contributed by atoms with E-state index < -0.39 is 16.2 Å². The Morgan fingerprint density at radius 3 is 2.89 bits per heavy atom. The zero-order valence-electron chi connectivity index (χ0n) is 9.12. The van der Waals surface area contributed by atoms with E-state index in [1.54, 1.807) is 12.1 Å². The van der Waals surface area contributed by atoms with E-state index in [1.807, 2.05) is 0 Å². The van der Waals surface area contributed by atoms with Crippen LogP contribution >= 0.6 is 11.6 Å². The van der Waals surface area contributed by atoms with Crippen LogP contribution in [0.2, 0.25) is 5.15 Å². The van der Waals surface area contributed by atoms with Gasteiger partial charge in [0.25, 0.3) is 0 Å². The first-order valence-electron chi connectivity index (χ1n) is 5.02. The largest absolute Gasteiger partial charge is 0.334 e. The Labute approximate surface area is 107 Å². The highest BCUT2D eigenvalue weighted by atomic mass is 35.5. The van der Waals surface area contributed by atoms with Crippen LogP contribution in [0.1, 0.15) is 5.56 Å². The Hall–Kier alpha value is -2.21. The number of nitrogens with zero attached hydrogens (tertiary/aromatic N) is 3. The Bertz CT molecular complexity index is 654. The summed E-state index contributed by atoms with van der Waals surface area (Å²) >= 11 is 5.73. The molecular formula is C11H8ClN3O3. The number of pyridine rings is 2. The van der Waals surface area contributed by atoms with E-state index in [2.05, 4.69) is 4.98 Å². The smallest absolute Gasteiger partial charge is 0.305 e. The predicted octanol–water partition coefficient (Wildman–Crippen LogP) is 1.85. The van der Waals surface area contributed by atoms with Gasteiger partial charge in [0.2, 0.25) is 0 Å². The van der Waals surface area contributed by atoms with Crippen LogP contribution in [0.5, 0.6) is 0 Å². The average Bonchev–Trinajstić information content (AvgIpc) is 2.31. The summed E-state index contributed by atoms with van der Waals surface area (Å²) in [5.41, 5.74) is -0.342. The van der Waals surface area contributed by atoms with Crippen LogP contribution in [0.3, 0.4) is 0 Å². The van der Waals surface area contributed by atoms with Gasteiger partial charge < -0.3 is 4.57 Å². The van der Waals surface area contributed by atoms with Crippen LogP contribution in [-0.2, 0) is 6.54 Å². The van der Waals surface area contributed by atoms with Gasteiger partial charge >= 0.3 is 11.2 Å². The van der Waals surface area contributed by atoms with Crippen LogP contribution in [0.15, 0.2) is 41.5 Å². The van der Waals surface area contributed by atoms with E-state index >= 15 is 0 Å². The predicted molar refractivity (Wildman–Crippen MR) is 65.7 cm³/mol. The zero-order valence-corrected chi connectivity index (χ0v) is 9.87. The molecule has 0 atom stereocenters. The first kappa shape index (κ1) is 12.3. The van der Waals surface area contributed by atoms with Gasteiger partial charge in [-0.1, -0.05) is 11.6 Å². The molecule has 2 aromatic heterocycles. The van der Waals surface area contributed by atoms with Crippen LogP contribution in [0.4, 0.5) is 5.69 Å². The molecule has 0 aliphatic rings. The van der Waals surface area contributed by atoms with Gasteiger partial charge in [0.1, 0.15) is 5.15 Å². The Balaban J connectivity index is 2.38. The fourth-order valence-corrected chi connectivity index (χ4v) is 1.72. The second kappa shape index (κ2) is 4.97. The van der Waals surface area contributed by atoms with Gasteiger partial charge in [0, 0.05) is 18.5 Å². The first-order chi connectivity index (χ1) is 8.58. The molecule has 0 fully saturated rings. The molecule has 2 aromatic rings. The molecule has 0 amide bonds. The molecule has 0 unspecified atom stereocenters. The van der Waals surface area contributed by atoms with E-state index in [-0.39, 0.29) is 6.54 Å². The Kier molecular flexibility index (Phi) is 3.38. The van der Waals surface area contributed by atoms with Crippen LogP contribution < -0.4 is 5.56 Å². The zero-order chi connectivity index (χ0) is 13.1. The standard InChI is InChI=1S/C11H8ClN3O3/c12-10-6-8(3-4-13-10)7-14-5-1-2-9(11(14)16)15(17)18/h1-6H,7H2. The Morgan fingerprint density at radius 1 is 1.44 bits per heavy atom. The lowest BCUT2D eigenvalue weighted by Gasteiger charge is -2.05. The molecule has 2 rings (SSSR count). The molecule has 0 saturated carbocycles. The van der Waals surface area contributed by atoms with Crippen LogP contribution in [0.25, 0.3) is 0 Å². The third-order valence-corrected chi connectivity index (χ3v) is 2.55. The molecule has 0 aromatic carbocycles. The van der Waals surface area contributed by atoms with Crippen molar-refractivity contribution >= 4 is 17.3 Å². The normalized spacial score (nSPS) is 10.3. The molecule has 0 aliphatic heterocycles. The van der Waals surface area contributed by atoms with Gasteiger partial charge in [-0.25, -0.2) is 4.98 Å². The maximum absolute atomic E-state index is 11.8. The number of aromatic nitrogens is 2. The van der Waals surface area contributed by atoms with E-state index in [9.17, 15) is 14.9 Å². The lowest BCUT2D eigenvalue weighted by molar-refractivity contribution is -0.386. The van der Waals surface area contributed by atoms with Crippen molar-refractivity contribution in [3.05, 3.63) is 67.8 Å². The van der Waals surface area contributed by atoms with Gasteiger partial charge in [-0.15, -0.1) is 0 Å². The first-order valence-corrected chi connectivity index (χ1v) is 5.40. The third-order valence-electron chi connectivity index (χ3n) is 2.34. The van der Waals surface area contributed by atoms with Gasteiger partial charge in [0.05, 0.1) is 11.5 Å². The summed E-state index contributed by atoms with van der Waals surface area (Å²) in [4.78, 5) is 25.5. The summed E-state index contributed by atoms with van der Waals surface area (Å²) in [6.45, 7) is 0.211. The van der Waals surface area contributed by atoms with E-state index in [0.29, 0.717) is 5.15 Å². The van der Waals surface area contributed by atoms with Crippen molar-refractivity contribution in [2.75, 3.05) is 0 Å². The van der Waals surface area contributed by atoms with E-state index in [1.165, 1.54) is 29.1 Å². The van der Waals surface area contributed by atoms with E-state index in [0.717, 1.165) is 5.56 Å². The summed E-state index contributed by atoms with van der Waals surface area (Å²) in [5.74, 6) is 0. The summed E-state index contributed by atoms with van der Waals surface area (Å²) in [5, 5.41) is 11.0. The SMILES string of the molecule is O=c1c([N+](=O)[O-])cccn1Cc1ccnc(Cl)c1. The molecule has 0 N–H and O–H groups in total. The van der Waals surface area contributed by atoms with Gasteiger partial charge in [-0.05, 0) is 23.8 Å². The van der Waals surface area contributed by atoms with Crippen LogP contribution in [-0.4, -0.2) is 14.5 Å². The third kappa shape index (κ3) is 2.54. The minimum Gasteiger partial charge on any atom is -0.305 e. The fourth-order valence-electron chi connectivity index (χ4n) is 1.53. The second-order valence-corrected chi connectivity index (χ2v) is 3.96. The number of halogens is 1. The summed E-state index contributed by atoms with van der Waals surface area (Å²) < 4.78 is 1.25. The summed E-state index contributed by atoms with van der Waals surface area (Å²) in [7, 11) is 0. The highest BCUT2D eigenvalue weighted by Crippen LogP contribution is 2.09. The molecule has 0 saturated heterocycles.